The van der Waals surface area contributed by atoms with Crippen LogP contribution in [-0.4, -0.2) is 13.0 Å². The van der Waals surface area contributed by atoms with Crippen molar-refractivity contribution in [3.63, 3.8) is 0 Å². The highest BCUT2D eigenvalue weighted by Gasteiger charge is 1.98. The number of ether oxygens (including phenoxy) is 2. The number of benzene rings is 2. The number of thioether (sulfide) groups is 1. The maximum atomic E-state index is 5.82. The summed E-state index contributed by atoms with van der Waals surface area (Å²) in [5.41, 5.74) is 0. The largest absolute Gasteiger partial charge is 0.497 e. The zero-order valence-corrected chi connectivity index (χ0v) is 11.5. The lowest BCUT2D eigenvalue weighted by atomic mass is 10.3. The molecule has 2 aromatic carbocycles. The van der Waals surface area contributed by atoms with Crippen LogP contribution < -0.4 is 9.47 Å². The highest BCUT2D eigenvalue weighted by Crippen LogP contribution is 2.23. The minimum atomic E-state index is 0.550. The number of methoxy groups -OCH3 is 1. The predicted octanol–water partition coefficient (Wildman–Crippen LogP) is 4.48. The van der Waals surface area contributed by atoms with Gasteiger partial charge in [0.05, 0.1) is 7.11 Å². The number of rotatable bonds is 5. The first-order chi connectivity index (χ1) is 8.78. The molecule has 0 aromatic heterocycles. The van der Waals surface area contributed by atoms with Crippen LogP contribution >= 0.6 is 23.4 Å². The molecule has 0 aliphatic heterocycles. The van der Waals surface area contributed by atoms with Gasteiger partial charge in [-0.2, -0.15) is 0 Å². The fraction of sp³-hybridized carbons (Fsp3) is 0.143. The molecule has 0 aliphatic carbocycles. The minimum Gasteiger partial charge on any atom is -0.497 e. The Hall–Kier alpha value is -1.32. The van der Waals surface area contributed by atoms with Gasteiger partial charge in [-0.15, -0.1) is 0 Å². The first-order valence-electron chi connectivity index (χ1n) is 5.43. The molecule has 2 aromatic rings. The SMILES string of the molecule is COc1cccc(OCSc2ccc(Cl)cc2)c1. The second-order valence-electron chi connectivity index (χ2n) is 3.54. The third kappa shape index (κ3) is 3.86. The van der Waals surface area contributed by atoms with Crippen LogP contribution in [-0.2, 0) is 0 Å². The normalized spacial score (nSPS) is 10.1. The van der Waals surface area contributed by atoms with Crippen LogP contribution in [0.5, 0.6) is 11.5 Å². The molecule has 0 N–H and O–H groups in total. The van der Waals surface area contributed by atoms with Crippen LogP contribution in [0.4, 0.5) is 0 Å². The summed E-state index contributed by atoms with van der Waals surface area (Å²) in [7, 11) is 1.64. The molecule has 94 valence electrons. The van der Waals surface area contributed by atoms with Crippen molar-refractivity contribution >= 4 is 23.4 Å². The maximum absolute atomic E-state index is 5.82. The molecule has 2 nitrogen and oxygen atoms in total. The van der Waals surface area contributed by atoms with E-state index in [1.165, 1.54) is 0 Å². The van der Waals surface area contributed by atoms with Gasteiger partial charge in [0.1, 0.15) is 17.4 Å². The number of hydrogen-bond acceptors (Lipinski definition) is 3. The van der Waals surface area contributed by atoms with Crippen molar-refractivity contribution < 1.29 is 9.47 Å². The molecular weight excluding hydrogens is 268 g/mol. The summed E-state index contributed by atoms with van der Waals surface area (Å²) in [6, 6.07) is 15.3. The van der Waals surface area contributed by atoms with E-state index in [9.17, 15) is 0 Å². The van der Waals surface area contributed by atoms with Gasteiger partial charge in [-0.25, -0.2) is 0 Å². The molecule has 0 heterocycles. The van der Waals surface area contributed by atoms with Gasteiger partial charge >= 0.3 is 0 Å². The van der Waals surface area contributed by atoms with Crippen molar-refractivity contribution in [1.82, 2.24) is 0 Å². The summed E-state index contributed by atoms with van der Waals surface area (Å²) < 4.78 is 10.8. The Labute approximate surface area is 116 Å². The van der Waals surface area contributed by atoms with Crippen LogP contribution in [0.2, 0.25) is 5.02 Å². The Balaban J connectivity index is 1.86. The van der Waals surface area contributed by atoms with Crippen LogP contribution in [0.1, 0.15) is 0 Å². The number of halogens is 1. The Morgan fingerprint density at radius 2 is 1.78 bits per heavy atom. The van der Waals surface area contributed by atoms with E-state index in [-0.39, 0.29) is 0 Å². The first kappa shape index (κ1) is 13.1. The Kier molecular flexibility index (Phi) is 4.79. The third-order valence-electron chi connectivity index (χ3n) is 2.31. The van der Waals surface area contributed by atoms with Gasteiger partial charge in [-0.1, -0.05) is 29.4 Å². The van der Waals surface area contributed by atoms with Crippen molar-refractivity contribution in [2.24, 2.45) is 0 Å². The fourth-order valence-corrected chi connectivity index (χ4v) is 2.17. The summed E-state index contributed by atoms with van der Waals surface area (Å²) in [6.45, 7) is 0. The van der Waals surface area contributed by atoms with E-state index in [4.69, 9.17) is 21.1 Å². The van der Waals surface area contributed by atoms with E-state index < -0.39 is 0 Å². The molecule has 0 amide bonds. The Morgan fingerprint density at radius 3 is 2.50 bits per heavy atom. The lowest BCUT2D eigenvalue weighted by Crippen LogP contribution is -1.93. The monoisotopic (exact) mass is 280 g/mol. The minimum absolute atomic E-state index is 0.550. The molecule has 4 heteroatoms. The summed E-state index contributed by atoms with van der Waals surface area (Å²) in [5.74, 6) is 2.15. The van der Waals surface area contributed by atoms with E-state index in [1.54, 1.807) is 18.9 Å². The van der Waals surface area contributed by atoms with Crippen molar-refractivity contribution in [2.45, 2.75) is 4.90 Å². The summed E-state index contributed by atoms with van der Waals surface area (Å²) >= 11 is 7.44. The highest BCUT2D eigenvalue weighted by molar-refractivity contribution is 7.99. The smallest absolute Gasteiger partial charge is 0.138 e. The summed E-state index contributed by atoms with van der Waals surface area (Å²) in [5, 5.41) is 0.744. The maximum Gasteiger partial charge on any atom is 0.138 e. The molecule has 0 aliphatic rings. The van der Waals surface area contributed by atoms with Crippen LogP contribution in [0.15, 0.2) is 53.4 Å². The van der Waals surface area contributed by atoms with Crippen LogP contribution in [0.25, 0.3) is 0 Å². The molecule has 18 heavy (non-hydrogen) atoms. The molecule has 0 radical (unpaired) electrons. The third-order valence-corrected chi connectivity index (χ3v) is 3.40. The van der Waals surface area contributed by atoms with Gasteiger partial charge < -0.3 is 9.47 Å². The molecule has 0 bridgehead atoms. The van der Waals surface area contributed by atoms with E-state index in [1.807, 2.05) is 48.5 Å². The van der Waals surface area contributed by atoms with Crippen molar-refractivity contribution in [1.29, 1.82) is 0 Å². The molecule has 0 spiro atoms. The van der Waals surface area contributed by atoms with E-state index >= 15 is 0 Å². The highest BCUT2D eigenvalue weighted by atomic mass is 35.5. The van der Waals surface area contributed by atoms with Gasteiger partial charge in [0, 0.05) is 16.0 Å². The van der Waals surface area contributed by atoms with Gasteiger partial charge in [0.15, 0.2) is 0 Å². The summed E-state index contributed by atoms with van der Waals surface area (Å²) in [6.07, 6.45) is 0. The lowest BCUT2D eigenvalue weighted by molar-refractivity contribution is 0.381. The molecule has 0 saturated heterocycles. The average molecular weight is 281 g/mol. The number of hydrogen-bond donors (Lipinski definition) is 0. The molecule has 2 rings (SSSR count). The second kappa shape index (κ2) is 6.57. The molecule has 0 atom stereocenters. The Morgan fingerprint density at radius 1 is 1.06 bits per heavy atom. The van der Waals surface area contributed by atoms with Crippen molar-refractivity contribution in [2.75, 3.05) is 13.0 Å². The quantitative estimate of drug-likeness (QED) is 0.594. The molecule has 0 fully saturated rings. The first-order valence-corrected chi connectivity index (χ1v) is 6.79. The topological polar surface area (TPSA) is 18.5 Å². The zero-order chi connectivity index (χ0) is 12.8. The van der Waals surface area contributed by atoms with Crippen molar-refractivity contribution in [3.05, 3.63) is 53.6 Å². The zero-order valence-electron chi connectivity index (χ0n) is 9.93. The van der Waals surface area contributed by atoms with Crippen LogP contribution in [0.3, 0.4) is 0 Å². The predicted molar refractivity (Wildman–Crippen MR) is 75.8 cm³/mol. The van der Waals surface area contributed by atoms with Gasteiger partial charge in [-0.05, 0) is 36.4 Å². The van der Waals surface area contributed by atoms with Gasteiger partial charge in [0.25, 0.3) is 0 Å². The molecular formula is C14H13ClO2S. The standard InChI is InChI=1S/C14H13ClO2S/c1-16-12-3-2-4-13(9-12)17-10-18-14-7-5-11(15)6-8-14/h2-9H,10H2,1H3. The van der Waals surface area contributed by atoms with Gasteiger partial charge in [-0.3, -0.25) is 0 Å². The van der Waals surface area contributed by atoms with Crippen molar-refractivity contribution in [3.8, 4) is 11.5 Å². The van der Waals surface area contributed by atoms with Crippen LogP contribution in [0, 0.1) is 0 Å². The Bertz CT molecular complexity index is 499. The average Bonchev–Trinajstić information content (AvgIpc) is 2.41. The van der Waals surface area contributed by atoms with E-state index in [0.29, 0.717) is 5.94 Å². The molecule has 0 saturated carbocycles. The second-order valence-corrected chi connectivity index (χ2v) is 4.97. The fourth-order valence-electron chi connectivity index (χ4n) is 1.39. The van der Waals surface area contributed by atoms with E-state index in [2.05, 4.69) is 0 Å². The van der Waals surface area contributed by atoms with E-state index in [0.717, 1.165) is 21.4 Å². The summed E-state index contributed by atoms with van der Waals surface area (Å²) in [4.78, 5) is 1.13. The lowest BCUT2D eigenvalue weighted by Gasteiger charge is -2.07. The molecule has 0 unspecified atom stereocenters. The van der Waals surface area contributed by atoms with Gasteiger partial charge in [0.2, 0.25) is 0 Å².